The maximum atomic E-state index is 12.8. The van der Waals surface area contributed by atoms with E-state index in [1.165, 1.54) is 36.1 Å². The first kappa shape index (κ1) is 20.5. The molecule has 2 aliphatic heterocycles. The van der Waals surface area contributed by atoms with Crippen LogP contribution in [-0.4, -0.2) is 90.5 Å². The van der Waals surface area contributed by atoms with Crippen LogP contribution >= 0.6 is 0 Å². The molecule has 1 aliphatic carbocycles. The third-order valence-electron chi connectivity index (χ3n) is 7.24. The van der Waals surface area contributed by atoms with E-state index in [9.17, 15) is 4.79 Å². The number of rotatable bonds is 5. The molecule has 1 aromatic carbocycles. The third kappa shape index (κ3) is 4.75. The molecule has 1 amide bonds. The van der Waals surface area contributed by atoms with Gasteiger partial charge in [0.2, 0.25) is 5.91 Å². The van der Waals surface area contributed by atoms with Crippen LogP contribution < -0.4 is 4.90 Å². The van der Waals surface area contributed by atoms with Gasteiger partial charge in [-0.15, -0.1) is 0 Å². The van der Waals surface area contributed by atoms with Crippen molar-refractivity contribution in [3.05, 3.63) is 48.8 Å². The lowest BCUT2D eigenvalue weighted by atomic mass is 9.91. The molecule has 3 aliphatic rings. The van der Waals surface area contributed by atoms with Gasteiger partial charge in [0.15, 0.2) is 0 Å². The van der Waals surface area contributed by atoms with Gasteiger partial charge in [0.25, 0.3) is 0 Å². The lowest BCUT2D eigenvalue weighted by Gasteiger charge is -2.43. The van der Waals surface area contributed by atoms with Crippen LogP contribution in [0, 0.1) is 0 Å². The first-order valence-corrected chi connectivity index (χ1v) is 11.8. The summed E-state index contributed by atoms with van der Waals surface area (Å²) < 4.78 is 0. The molecule has 6 heteroatoms. The van der Waals surface area contributed by atoms with Gasteiger partial charge in [0.05, 0.1) is 6.54 Å². The fourth-order valence-corrected chi connectivity index (χ4v) is 4.95. The van der Waals surface area contributed by atoms with Crippen molar-refractivity contribution in [3.63, 3.8) is 0 Å². The SMILES string of the molecule is O=C(CN1CCN(c2ccc(-c3ccncc3)cc2)CC1)N1CCN(C2CCC2)CC1. The summed E-state index contributed by atoms with van der Waals surface area (Å²) in [7, 11) is 0. The van der Waals surface area contributed by atoms with Crippen LogP contribution in [0.2, 0.25) is 0 Å². The number of piperazine rings is 2. The minimum Gasteiger partial charge on any atom is -0.369 e. The van der Waals surface area contributed by atoms with E-state index < -0.39 is 0 Å². The van der Waals surface area contributed by atoms with Crippen LogP contribution in [0.4, 0.5) is 5.69 Å². The minimum atomic E-state index is 0.309. The van der Waals surface area contributed by atoms with Crippen molar-refractivity contribution in [1.82, 2.24) is 19.7 Å². The van der Waals surface area contributed by atoms with E-state index in [4.69, 9.17) is 0 Å². The summed E-state index contributed by atoms with van der Waals surface area (Å²) in [5.41, 5.74) is 3.67. The molecule has 2 saturated heterocycles. The van der Waals surface area contributed by atoms with E-state index in [0.29, 0.717) is 12.5 Å². The summed E-state index contributed by atoms with van der Waals surface area (Å²) in [6.45, 7) is 8.31. The van der Waals surface area contributed by atoms with Gasteiger partial charge in [-0.1, -0.05) is 18.6 Å². The molecule has 164 valence electrons. The number of amides is 1. The summed E-state index contributed by atoms with van der Waals surface area (Å²) in [6.07, 6.45) is 7.75. The highest BCUT2D eigenvalue weighted by Crippen LogP contribution is 2.26. The fraction of sp³-hybridized carbons (Fsp3) is 0.520. The summed E-state index contributed by atoms with van der Waals surface area (Å²) in [6, 6.07) is 13.7. The molecule has 6 nitrogen and oxygen atoms in total. The largest absolute Gasteiger partial charge is 0.369 e. The molecule has 0 radical (unpaired) electrons. The van der Waals surface area contributed by atoms with Crippen LogP contribution in [0.15, 0.2) is 48.8 Å². The Morgan fingerprint density at radius 3 is 2.06 bits per heavy atom. The van der Waals surface area contributed by atoms with Crippen LogP contribution in [0.3, 0.4) is 0 Å². The van der Waals surface area contributed by atoms with Crippen molar-refractivity contribution < 1.29 is 4.79 Å². The van der Waals surface area contributed by atoms with Gasteiger partial charge >= 0.3 is 0 Å². The zero-order valence-corrected chi connectivity index (χ0v) is 18.3. The van der Waals surface area contributed by atoms with Gasteiger partial charge in [-0.2, -0.15) is 0 Å². The third-order valence-corrected chi connectivity index (χ3v) is 7.24. The molecule has 3 fully saturated rings. The Kier molecular flexibility index (Phi) is 6.18. The molecule has 0 spiro atoms. The normalized spacial score (nSPS) is 21.2. The van der Waals surface area contributed by atoms with Crippen LogP contribution in [0.1, 0.15) is 19.3 Å². The van der Waals surface area contributed by atoms with Gasteiger partial charge in [0, 0.05) is 76.5 Å². The maximum Gasteiger partial charge on any atom is 0.236 e. The lowest BCUT2D eigenvalue weighted by Crippen LogP contribution is -2.56. The molecule has 2 aromatic rings. The van der Waals surface area contributed by atoms with Crippen molar-refractivity contribution in [3.8, 4) is 11.1 Å². The van der Waals surface area contributed by atoms with Gasteiger partial charge in [-0.05, 0) is 48.2 Å². The molecule has 3 heterocycles. The van der Waals surface area contributed by atoms with Gasteiger partial charge in [-0.25, -0.2) is 0 Å². The van der Waals surface area contributed by atoms with Crippen molar-refractivity contribution in [1.29, 1.82) is 0 Å². The Morgan fingerprint density at radius 1 is 0.806 bits per heavy atom. The van der Waals surface area contributed by atoms with E-state index >= 15 is 0 Å². The summed E-state index contributed by atoms with van der Waals surface area (Å²) in [5.74, 6) is 0.309. The number of benzene rings is 1. The smallest absolute Gasteiger partial charge is 0.236 e. The molecule has 5 rings (SSSR count). The number of carbonyl (C=O) groups is 1. The number of anilines is 1. The van der Waals surface area contributed by atoms with E-state index in [0.717, 1.165) is 58.4 Å². The van der Waals surface area contributed by atoms with Crippen molar-refractivity contribution in [2.24, 2.45) is 0 Å². The molecule has 0 N–H and O–H groups in total. The molecule has 1 aromatic heterocycles. The quantitative estimate of drug-likeness (QED) is 0.745. The van der Waals surface area contributed by atoms with Gasteiger partial charge in [-0.3, -0.25) is 19.6 Å². The Labute approximate surface area is 185 Å². The fourth-order valence-electron chi connectivity index (χ4n) is 4.95. The second-order valence-electron chi connectivity index (χ2n) is 9.05. The summed E-state index contributed by atoms with van der Waals surface area (Å²) in [5, 5.41) is 0. The Bertz CT molecular complexity index is 851. The molecule has 31 heavy (non-hydrogen) atoms. The highest BCUT2D eigenvalue weighted by atomic mass is 16.2. The average Bonchev–Trinajstić information content (AvgIpc) is 2.80. The van der Waals surface area contributed by atoms with E-state index in [-0.39, 0.29) is 0 Å². The van der Waals surface area contributed by atoms with Crippen LogP contribution in [-0.2, 0) is 4.79 Å². The number of pyridine rings is 1. The average molecular weight is 420 g/mol. The Morgan fingerprint density at radius 2 is 1.45 bits per heavy atom. The molecular formula is C25H33N5O. The predicted molar refractivity (Wildman–Crippen MR) is 124 cm³/mol. The minimum absolute atomic E-state index is 0.309. The summed E-state index contributed by atoms with van der Waals surface area (Å²) >= 11 is 0. The van der Waals surface area contributed by atoms with Crippen LogP contribution in [0.5, 0.6) is 0 Å². The van der Waals surface area contributed by atoms with Crippen molar-refractivity contribution in [2.45, 2.75) is 25.3 Å². The topological polar surface area (TPSA) is 42.9 Å². The number of carbonyl (C=O) groups excluding carboxylic acids is 1. The number of hydrogen-bond acceptors (Lipinski definition) is 5. The molecule has 0 unspecified atom stereocenters. The van der Waals surface area contributed by atoms with Gasteiger partial charge in [0.1, 0.15) is 0 Å². The lowest BCUT2D eigenvalue weighted by molar-refractivity contribution is -0.134. The molecule has 0 bridgehead atoms. The molecule has 0 atom stereocenters. The predicted octanol–water partition coefficient (Wildman–Crippen LogP) is 2.57. The zero-order valence-electron chi connectivity index (χ0n) is 18.3. The van der Waals surface area contributed by atoms with Crippen molar-refractivity contribution >= 4 is 11.6 Å². The van der Waals surface area contributed by atoms with E-state index in [1.807, 2.05) is 24.5 Å². The highest BCUT2D eigenvalue weighted by Gasteiger charge is 2.30. The van der Waals surface area contributed by atoms with Gasteiger partial charge < -0.3 is 9.80 Å². The Hall–Kier alpha value is -2.44. The molecular weight excluding hydrogens is 386 g/mol. The van der Waals surface area contributed by atoms with Crippen LogP contribution in [0.25, 0.3) is 11.1 Å². The number of hydrogen-bond donors (Lipinski definition) is 0. The summed E-state index contributed by atoms with van der Waals surface area (Å²) in [4.78, 5) is 26.3. The standard InChI is InChI=1S/C25H33N5O/c31-25(30-18-16-29(17-19-30)23-2-1-3-23)20-27-12-14-28(15-13-27)24-6-4-21(5-7-24)22-8-10-26-11-9-22/h4-11,23H,1-3,12-20H2. The Balaban J connectivity index is 1.08. The monoisotopic (exact) mass is 419 g/mol. The highest BCUT2D eigenvalue weighted by molar-refractivity contribution is 5.78. The maximum absolute atomic E-state index is 12.8. The zero-order chi connectivity index (χ0) is 21.0. The van der Waals surface area contributed by atoms with Crippen molar-refractivity contribution in [2.75, 3.05) is 63.8 Å². The molecule has 1 saturated carbocycles. The van der Waals surface area contributed by atoms with E-state index in [1.54, 1.807) is 0 Å². The number of nitrogens with zero attached hydrogens (tertiary/aromatic N) is 5. The number of aromatic nitrogens is 1. The first-order valence-electron chi connectivity index (χ1n) is 11.8. The first-order chi connectivity index (χ1) is 15.3. The second-order valence-corrected chi connectivity index (χ2v) is 9.05. The second kappa shape index (κ2) is 9.37. The van der Waals surface area contributed by atoms with E-state index in [2.05, 4.69) is 48.8 Å².